The van der Waals surface area contributed by atoms with E-state index in [1.807, 2.05) is 0 Å². The molecule has 27 heavy (non-hydrogen) atoms. The predicted octanol–water partition coefficient (Wildman–Crippen LogP) is 2.29. The predicted molar refractivity (Wildman–Crippen MR) is 100 cm³/mol. The van der Waals surface area contributed by atoms with Gasteiger partial charge < -0.3 is 9.64 Å². The minimum Gasteiger partial charge on any atom is -0.449 e. The van der Waals surface area contributed by atoms with Crippen molar-refractivity contribution >= 4 is 33.5 Å². The Morgan fingerprint density at radius 2 is 1.67 bits per heavy atom. The molecule has 1 aromatic rings. The van der Waals surface area contributed by atoms with Gasteiger partial charge in [-0.3, -0.25) is 4.79 Å². The van der Waals surface area contributed by atoms with Crippen LogP contribution in [0.3, 0.4) is 0 Å². The van der Waals surface area contributed by atoms with Crippen LogP contribution in [0, 0.1) is 0 Å². The Morgan fingerprint density at radius 1 is 1.07 bits per heavy atom. The van der Waals surface area contributed by atoms with Gasteiger partial charge in [0, 0.05) is 26.2 Å². The molecular weight excluding hydrogens is 392 g/mol. The van der Waals surface area contributed by atoms with Gasteiger partial charge in [0.15, 0.2) is 6.10 Å². The van der Waals surface area contributed by atoms with E-state index in [0.717, 1.165) is 25.7 Å². The fourth-order valence-electron chi connectivity index (χ4n) is 3.37. The second-order valence-electron chi connectivity index (χ2n) is 6.83. The molecule has 0 aliphatic carbocycles. The summed E-state index contributed by atoms with van der Waals surface area (Å²) in [7, 11) is -3.68. The summed E-state index contributed by atoms with van der Waals surface area (Å²) in [5.41, 5.74) is -0.0574. The molecule has 7 nitrogen and oxygen atoms in total. The van der Waals surface area contributed by atoms with Gasteiger partial charge in [0.2, 0.25) is 10.0 Å². The van der Waals surface area contributed by atoms with Crippen LogP contribution in [0.15, 0.2) is 23.1 Å². The standard InChI is InChI=1S/C18H23ClN2O5S/c1-13(17(22)20-8-2-3-9-20)26-18(23)15-12-14(6-7-16(15)19)27(24,25)21-10-4-5-11-21/h6-7,12-13H,2-5,8-11H2,1H3/t13-/m0/s1. The molecule has 0 N–H and O–H groups in total. The molecule has 2 saturated heterocycles. The lowest BCUT2D eigenvalue weighted by atomic mass is 10.2. The molecule has 0 spiro atoms. The molecule has 2 heterocycles. The number of amides is 1. The van der Waals surface area contributed by atoms with E-state index in [1.54, 1.807) is 4.90 Å². The number of carbonyl (C=O) groups excluding carboxylic acids is 2. The van der Waals surface area contributed by atoms with Crippen LogP contribution in [-0.2, 0) is 19.6 Å². The first-order valence-corrected chi connectivity index (χ1v) is 10.9. The summed E-state index contributed by atoms with van der Waals surface area (Å²) in [4.78, 5) is 26.5. The second kappa shape index (κ2) is 8.16. The van der Waals surface area contributed by atoms with Crippen molar-refractivity contribution in [3.8, 4) is 0 Å². The van der Waals surface area contributed by atoms with Crippen LogP contribution in [0.5, 0.6) is 0 Å². The molecule has 148 valence electrons. The monoisotopic (exact) mass is 414 g/mol. The van der Waals surface area contributed by atoms with Crippen molar-refractivity contribution < 1.29 is 22.7 Å². The van der Waals surface area contributed by atoms with Crippen LogP contribution < -0.4 is 0 Å². The number of esters is 1. The van der Waals surface area contributed by atoms with Crippen molar-refractivity contribution in [3.05, 3.63) is 28.8 Å². The first-order valence-electron chi connectivity index (χ1n) is 9.10. The summed E-state index contributed by atoms with van der Waals surface area (Å²) in [6, 6.07) is 3.98. The molecule has 3 rings (SSSR count). The highest BCUT2D eigenvalue weighted by Crippen LogP contribution is 2.26. The molecule has 2 fully saturated rings. The van der Waals surface area contributed by atoms with E-state index >= 15 is 0 Å². The third kappa shape index (κ3) is 4.28. The molecular formula is C18H23ClN2O5S. The maximum absolute atomic E-state index is 12.7. The van der Waals surface area contributed by atoms with Crippen LogP contribution >= 0.6 is 11.6 Å². The molecule has 9 heteroatoms. The fraction of sp³-hybridized carbons (Fsp3) is 0.556. The van der Waals surface area contributed by atoms with Crippen molar-refractivity contribution in [1.29, 1.82) is 0 Å². The maximum atomic E-state index is 12.7. The minimum atomic E-state index is -3.68. The summed E-state index contributed by atoms with van der Waals surface area (Å²) < 4.78 is 32.0. The highest BCUT2D eigenvalue weighted by molar-refractivity contribution is 7.89. The zero-order valence-electron chi connectivity index (χ0n) is 15.2. The van der Waals surface area contributed by atoms with Gasteiger partial charge >= 0.3 is 5.97 Å². The van der Waals surface area contributed by atoms with Gasteiger partial charge in [0.25, 0.3) is 5.91 Å². The Hall–Kier alpha value is -1.64. The molecule has 0 radical (unpaired) electrons. The molecule has 2 aliphatic rings. The van der Waals surface area contributed by atoms with Crippen molar-refractivity contribution in [3.63, 3.8) is 0 Å². The van der Waals surface area contributed by atoms with E-state index in [9.17, 15) is 18.0 Å². The number of sulfonamides is 1. The van der Waals surface area contributed by atoms with Gasteiger partial charge in [0.05, 0.1) is 15.5 Å². The van der Waals surface area contributed by atoms with Crippen molar-refractivity contribution in [2.45, 2.75) is 43.6 Å². The first-order chi connectivity index (χ1) is 12.8. The molecule has 0 aromatic heterocycles. The first kappa shape index (κ1) is 20.1. The van der Waals surface area contributed by atoms with E-state index in [4.69, 9.17) is 16.3 Å². The molecule has 1 atom stereocenters. The Bertz CT molecular complexity index is 830. The maximum Gasteiger partial charge on any atom is 0.340 e. The zero-order valence-corrected chi connectivity index (χ0v) is 16.8. The van der Waals surface area contributed by atoms with E-state index < -0.39 is 22.1 Å². The number of halogens is 1. The molecule has 1 aromatic carbocycles. The highest BCUT2D eigenvalue weighted by Gasteiger charge is 2.30. The lowest BCUT2D eigenvalue weighted by Crippen LogP contribution is -2.38. The summed E-state index contributed by atoms with van der Waals surface area (Å²) in [5, 5.41) is 0.0844. The number of nitrogens with zero attached hydrogens (tertiary/aromatic N) is 2. The average molecular weight is 415 g/mol. The molecule has 0 saturated carbocycles. The van der Waals surface area contributed by atoms with Gasteiger partial charge in [-0.25, -0.2) is 13.2 Å². The lowest BCUT2D eigenvalue weighted by Gasteiger charge is -2.21. The molecule has 2 aliphatic heterocycles. The SMILES string of the molecule is C[C@H](OC(=O)c1cc(S(=O)(=O)N2CCCC2)ccc1Cl)C(=O)N1CCCC1. The largest absolute Gasteiger partial charge is 0.449 e. The van der Waals surface area contributed by atoms with E-state index in [2.05, 4.69) is 0 Å². The van der Waals surface area contributed by atoms with E-state index in [0.29, 0.717) is 26.2 Å². The van der Waals surface area contributed by atoms with Gasteiger partial charge in [-0.2, -0.15) is 4.31 Å². The number of likely N-dealkylation sites (tertiary alicyclic amines) is 1. The number of rotatable bonds is 5. The second-order valence-corrected chi connectivity index (χ2v) is 9.18. The topological polar surface area (TPSA) is 84.0 Å². The van der Waals surface area contributed by atoms with Crippen LogP contribution in [0.2, 0.25) is 5.02 Å². The Morgan fingerprint density at radius 3 is 2.30 bits per heavy atom. The highest BCUT2D eigenvalue weighted by atomic mass is 35.5. The Kier molecular flexibility index (Phi) is 6.08. The van der Waals surface area contributed by atoms with Gasteiger partial charge in [-0.15, -0.1) is 0 Å². The fourth-order valence-corrected chi connectivity index (χ4v) is 5.11. The van der Waals surface area contributed by atoms with Gasteiger partial charge in [-0.05, 0) is 50.8 Å². The molecule has 1 amide bonds. The minimum absolute atomic E-state index is 0.000674. The summed E-state index contributed by atoms with van der Waals surface area (Å²) >= 11 is 6.09. The third-order valence-corrected chi connectivity index (χ3v) is 7.13. The Balaban J connectivity index is 1.77. The third-order valence-electron chi connectivity index (χ3n) is 4.91. The number of ether oxygens (including phenoxy) is 1. The van der Waals surface area contributed by atoms with Crippen molar-refractivity contribution in [2.24, 2.45) is 0 Å². The van der Waals surface area contributed by atoms with Crippen LogP contribution in [-0.4, -0.2) is 61.8 Å². The van der Waals surface area contributed by atoms with Crippen LogP contribution in [0.4, 0.5) is 0 Å². The van der Waals surface area contributed by atoms with Gasteiger partial charge in [-0.1, -0.05) is 11.6 Å². The summed E-state index contributed by atoms with van der Waals surface area (Å²) in [6.45, 7) is 3.76. The van der Waals surface area contributed by atoms with E-state index in [-0.39, 0.29) is 21.4 Å². The van der Waals surface area contributed by atoms with Crippen LogP contribution in [0.25, 0.3) is 0 Å². The molecule has 0 unspecified atom stereocenters. The number of hydrogen-bond acceptors (Lipinski definition) is 5. The average Bonchev–Trinajstić information content (AvgIpc) is 3.34. The summed E-state index contributed by atoms with van der Waals surface area (Å²) in [5.74, 6) is -1.06. The normalized spacial score (nSPS) is 19.3. The quantitative estimate of drug-likeness (QED) is 0.690. The number of carbonyl (C=O) groups is 2. The Labute approximate surface area is 164 Å². The molecule has 0 bridgehead atoms. The van der Waals surface area contributed by atoms with Crippen LogP contribution in [0.1, 0.15) is 43.0 Å². The van der Waals surface area contributed by atoms with Gasteiger partial charge in [0.1, 0.15) is 0 Å². The van der Waals surface area contributed by atoms with Crippen molar-refractivity contribution in [1.82, 2.24) is 9.21 Å². The summed E-state index contributed by atoms with van der Waals surface area (Å²) in [6.07, 6.45) is 2.56. The lowest BCUT2D eigenvalue weighted by molar-refractivity contribution is -0.138. The zero-order chi connectivity index (χ0) is 19.6. The van der Waals surface area contributed by atoms with Crippen molar-refractivity contribution in [2.75, 3.05) is 26.2 Å². The van der Waals surface area contributed by atoms with E-state index in [1.165, 1.54) is 29.4 Å². The number of hydrogen-bond donors (Lipinski definition) is 0. The number of benzene rings is 1. The smallest absolute Gasteiger partial charge is 0.340 e.